The number of halogens is 3. The van der Waals surface area contributed by atoms with E-state index < -0.39 is 23.6 Å². The number of carboxylic acid groups (broad SMARTS) is 1. The average molecular weight is 395 g/mol. The zero-order chi connectivity index (χ0) is 20.7. The van der Waals surface area contributed by atoms with Crippen LogP contribution in [0.4, 0.5) is 13.2 Å². The fraction of sp³-hybridized carbons (Fsp3) is 0.381. The molecule has 0 aliphatic rings. The summed E-state index contributed by atoms with van der Waals surface area (Å²) in [4.78, 5) is 11.3. The molecule has 2 rings (SSSR count). The van der Waals surface area contributed by atoms with Crippen molar-refractivity contribution in [2.24, 2.45) is 5.92 Å². The molecule has 0 radical (unpaired) electrons. The van der Waals surface area contributed by atoms with Crippen LogP contribution in [0.3, 0.4) is 0 Å². The van der Waals surface area contributed by atoms with Gasteiger partial charge in [-0.15, -0.1) is 0 Å². The molecule has 0 bridgehead atoms. The van der Waals surface area contributed by atoms with Crippen LogP contribution in [-0.4, -0.2) is 18.2 Å². The highest BCUT2D eigenvalue weighted by Crippen LogP contribution is 2.29. The molecule has 0 fully saturated rings. The van der Waals surface area contributed by atoms with Crippen LogP contribution in [-0.2, 0) is 30.5 Å². The SMILES string of the molecule is CCC(Cc1ccc(OC)c(CNCc2ccc(C(F)(F)F)cc2)c1)C(=O)O. The topological polar surface area (TPSA) is 58.6 Å². The second-order valence-electron chi connectivity index (χ2n) is 6.59. The number of aliphatic carboxylic acids is 1. The van der Waals surface area contributed by atoms with E-state index in [0.29, 0.717) is 31.7 Å². The molecule has 2 aromatic rings. The van der Waals surface area contributed by atoms with Crippen molar-refractivity contribution in [2.45, 2.75) is 39.0 Å². The smallest absolute Gasteiger partial charge is 0.416 e. The van der Waals surface area contributed by atoms with Crippen molar-refractivity contribution < 1.29 is 27.8 Å². The Balaban J connectivity index is 2.02. The van der Waals surface area contributed by atoms with E-state index in [1.165, 1.54) is 12.1 Å². The molecule has 0 aliphatic heterocycles. The molecular weight excluding hydrogens is 371 g/mol. The molecule has 0 amide bonds. The minimum absolute atomic E-state index is 0.401. The summed E-state index contributed by atoms with van der Waals surface area (Å²) < 4.78 is 43.2. The normalized spacial score (nSPS) is 12.6. The van der Waals surface area contributed by atoms with E-state index in [0.717, 1.165) is 28.8 Å². The third-order valence-electron chi connectivity index (χ3n) is 4.59. The lowest BCUT2D eigenvalue weighted by molar-refractivity contribution is -0.141. The number of carbonyl (C=O) groups is 1. The first-order valence-electron chi connectivity index (χ1n) is 9.00. The van der Waals surface area contributed by atoms with Crippen molar-refractivity contribution in [3.05, 3.63) is 64.7 Å². The molecule has 4 nitrogen and oxygen atoms in total. The van der Waals surface area contributed by atoms with Crippen LogP contribution in [0.15, 0.2) is 42.5 Å². The van der Waals surface area contributed by atoms with Crippen molar-refractivity contribution in [3.63, 3.8) is 0 Å². The maximum absolute atomic E-state index is 12.6. The molecule has 2 aromatic carbocycles. The summed E-state index contributed by atoms with van der Waals surface area (Å²) in [6.45, 7) is 2.69. The molecule has 2 N–H and O–H groups in total. The summed E-state index contributed by atoms with van der Waals surface area (Å²) in [5.41, 5.74) is 1.84. The molecule has 0 aliphatic carbocycles. The maximum Gasteiger partial charge on any atom is 0.416 e. The number of hydrogen-bond donors (Lipinski definition) is 2. The van der Waals surface area contributed by atoms with Crippen molar-refractivity contribution in [1.29, 1.82) is 0 Å². The van der Waals surface area contributed by atoms with Crippen LogP contribution in [0, 0.1) is 5.92 Å². The Bertz CT molecular complexity index is 788. The summed E-state index contributed by atoms with van der Waals surface area (Å²) in [5.74, 6) is -0.589. The highest BCUT2D eigenvalue weighted by atomic mass is 19.4. The lowest BCUT2D eigenvalue weighted by Gasteiger charge is -2.14. The van der Waals surface area contributed by atoms with Crippen LogP contribution in [0.5, 0.6) is 5.75 Å². The predicted molar refractivity (Wildman–Crippen MR) is 100 cm³/mol. The Morgan fingerprint density at radius 1 is 1.11 bits per heavy atom. The molecule has 152 valence electrons. The van der Waals surface area contributed by atoms with Gasteiger partial charge in [-0.1, -0.05) is 31.2 Å². The third-order valence-corrected chi connectivity index (χ3v) is 4.59. The molecule has 1 unspecified atom stereocenters. The Kier molecular flexibility index (Phi) is 7.45. The van der Waals surface area contributed by atoms with E-state index >= 15 is 0 Å². The lowest BCUT2D eigenvalue weighted by Crippen LogP contribution is -2.16. The quantitative estimate of drug-likeness (QED) is 0.649. The molecule has 0 heterocycles. The first-order chi connectivity index (χ1) is 13.2. The first-order valence-corrected chi connectivity index (χ1v) is 9.00. The molecule has 0 spiro atoms. The third kappa shape index (κ3) is 5.99. The van der Waals surface area contributed by atoms with Crippen molar-refractivity contribution >= 4 is 5.97 Å². The zero-order valence-corrected chi connectivity index (χ0v) is 15.8. The number of rotatable bonds is 9. The first kappa shape index (κ1) is 21.8. The van der Waals surface area contributed by atoms with Gasteiger partial charge in [-0.25, -0.2) is 0 Å². The van der Waals surface area contributed by atoms with E-state index in [1.54, 1.807) is 13.2 Å². The largest absolute Gasteiger partial charge is 0.496 e. The van der Waals surface area contributed by atoms with Gasteiger partial charge < -0.3 is 15.2 Å². The number of carboxylic acids is 1. The van der Waals surface area contributed by atoms with Crippen molar-refractivity contribution in [1.82, 2.24) is 5.32 Å². The summed E-state index contributed by atoms with van der Waals surface area (Å²) in [6.07, 6.45) is -3.36. The molecule has 0 saturated carbocycles. The van der Waals surface area contributed by atoms with E-state index in [9.17, 15) is 23.1 Å². The van der Waals surface area contributed by atoms with Gasteiger partial charge in [0.1, 0.15) is 5.75 Å². The van der Waals surface area contributed by atoms with Crippen LogP contribution in [0.1, 0.15) is 35.6 Å². The number of methoxy groups -OCH3 is 1. The van der Waals surface area contributed by atoms with E-state index in [2.05, 4.69) is 5.32 Å². The molecule has 7 heteroatoms. The van der Waals surface area contributed by atoms with Gasteiger partial charge in [0.25, 0.3) is 0 Å². The highest BCUT2D eigenvalue weighted by molar-refractivity contribution is 5.70. The molecule has 0 aromatic heterocycles. The van der Waals surface area contributed by atoms with Gasteiger partial charge in [0.2, 0.25) is 0 Å². The fourth-order valence-electron chi connectivity index (χ4n) is 2.94. The standard InChI is InChI=1S/C21H24F3NO3/c1-3-16(20(26)27)10-15-6-9-19(28-2)17(11-15)13-25-12-14-4-7-18(8-5-14)21(22,23)24/h4-9,11,16,25H,3,10,12-13H2,1-2H3,(H,26,27). The number of ether oxygens (including phenoxy) is 1. The molecule has 0 saturated heterocycles. The van der Waals surface area contributed by atoms with Gasteiger partial charge in [0, 0.05) is 18.7 Å². The minimum atomic E-state index is -4.34. The number of nitrogens with one attached hydrogen (secondary N) is 1. The number of hydrogen-bond acceptors (Lipinski definition) is 3. The van der Waals surface area contributed by atoms with Gasteiger partial charge in [0.15, 0.2) is 0 Å². The second-order valence-corrected chi connectivity index (χ2v) is 6.59. The summed E-state index contributed by atoms with van der Waals surface area (Å²) in [5, 5.41) is 12.4. The van der Waals surface area contributed by atoms with Gasteiger partial charge >= 0.3 is 12.1 Å². The van der Waals surface area contributed by atoms with Crippen molar-refractivity contribution in [2.75, 3.05) is 7.11 Å². The molecular formula is C21H24F3NO3. The number of benzene rings is 2. The fourth-order valence-corrected chi connectivity index (χ4v) is 2.94. The monoisotopic (exact) mass is 395 g/mol. The van der Waals surface area contributed by atoms with Crippen LogP contribution in [0.25, 0.3) is 0 Å². The summed E-state index contributed by atoms with van der Waals surface area (Å²) in [7, 11) is 1.56. The number of alkyl halides is 3. The molecule has 28 heavy (non-hydrogen) atoms. The Morgan fingerprint density at radius 3 is 2.29 bits per heavy atom. The average Bonchev–Trinajstić information content (AvgIpc) is 2.65. The lowest BCUT2D eigenvalue weighted by atomic mass is 9.95. The van der Waals surface area contributed by atoms with Gasteiger partial charge in [-0.2, -0.15) is 13.2 Å². The zero-order valence-electron chi connectivity index (χ0n) is 15.8. The molecule has 1 atom stereocenters. The van der Waals surface area contributed by atoms with E-state index in [4.69, 9.17) is 4.74 Å². The van der Waals surface area contributed by atoms with Gasteiger partial charge in [-0.05, 0) is 42.2 Å². The van der Waals surface area contributed by atoms with Crippen molar-refractivity contribution in [3.8, 4) is 5.75 Å². The predicted octanol–water partition coefficient (Wildman–Crippen LogP) is 4.66. The Hall–Kier alpha value is -2.54. The Morgan fingerprint density at radius 2 is 1.75 bits per heavy atom. The van der Waals surface area contributed by atoms with Crippen LogP contribution in [0.2, 0.25) is 0 Å². The van der Waals surface area contributed by atoms with E-state index in [-0.39, 0.29) is 0 Å². The van der Waals surface area contributed by atoms with Gasteiger partial charge in [0.05, 0.1) is 18.6 Å². The second kappa shape index (κ2) is 9.59. The maximum atomic E-state index is 12.6. The Labute approximate surface area is 162 Å². The summed E-state index contributed by atoms with van der Waals surface area (Å²) in [6, 6.07) is 10.6. The highest BCUT2D eigenvalue weighted by Gasteiger charge is 2.29. The van der Waals surface area contributed by atoms with Crippen LogP contribution < -0.4 is 10.1 Å². The van der Waals surface area contributed by atoms with E-state index in [1.807, 2.05) is 19.1 Å². The summed E-state index contributed by atoms with van der Waals surface area (Å²) >= 11 is 0. The van der Waals surface area contributed by atoms with Gasteiger partial charge in [-0.3, -0.25) is 4.79 Å². The van der Waals surface area contributed by atoms with Crippen LogP contribution >= 0.6 is 0 Å². The minimum Gasteiger partial charge on any atom is -0.496 e.